The number of hydrogen-bond acceptors (Lipinski definition) is 7. The number of allylic oxidation sites excluding steroid dienone is 1. The van der Waals surface area contributed by atoms with Gasteiger partial charge in [-0.25, -0.2) is 0 Å². The molecule has 0 bridgehead atoms. The minimum Gasteiger partial charge on any atom is -0.481 e. The molecule has 0 aromatic heterocycles. The molecule has 1 aliphatic rings. The highest BCUT2D eigenvalue weighted by molar-refractivity contribution is 6.10. The van der Waals surface area contributed by atoms with Gasteiger partial charge in [-0.05, 0) is 13.8 Å². The Labute approximate surface area is 109 Å². The zero-order valence-electron chi connectivity index (χ0n) is 10.8. The van der Waals surface area contributed by atoms with Gasteiger partial charge in [0, 0.05) is 6.92 Å². The Balaban J connectivity index is 3.61. The van der Waals surface area contributed by atoms with Crippen molar-refractivity contribution in [2.45, 2.75) is 38.6 Å². The highest BCUT2D eigenvalue weighted by Gasteiger charge is 2.55. The van der Waals surface area contributed by atoms with Crippen molar-refractivity contribution in [1.29, 1.82) is 0 Å². The molecule has 0 saturated heterocycles. The van der Waals surface area contributed by atoms with E-state index in [2.05, 4.69) is 0 Å². The van der Waals surface area contributed by atoms with Crippen LogP contribution in [0.2, 0.25) is 0 Å². The second-order valence-electron chi connectivity index (χ2n) is 4.42. The second kappa shape index (κ2) is 5.20. The van der Waals surface area contributed by atoms with E-state index in [0.717, 1.165) is 20.8 Å². The Morgan fingerprint density at radius 3 is 2.05 bits per heavy atom. The first-order valence-corrected chi connectivity index (χ1v) is 5.63. The van der Waals surface area contributed by atoms with Crippen LogP contribution in [0.1, 0.15) is 20.8 Å². The van der Waals surface area contributed by atoms with Crippen molar-refractivity contribution < 1.29 is 34.4 Å². The first-order valence-electron chi connectivity index (χ1n) is 5.63. The maximum atomic E-state index is 11.6. The molecule has 0 saturated carbocycles. The monoisotopic (exact) mass is 272 g/mol. The SMILES string of the molecule is CC(=O)C1=C(C(C)=O)[C@](O)(C(C)=O)[C@@H](O)[C@@H](CO)O1. The summed E-state index contributed by atoms with van der Waals surface area (Å²) in [6, 6.07) is 0. The third-order valence-corrected chi connectivity index (χ3v) is 3.05. The minimum atomic E-state index is -2.56. The van der Waals surface area contributed by atoms with E-state index in [-0.39, 0.29) is 0 Å². The number of ketones is 3. The van der Waals surface area contributed by atoms with Crippen LogP contribution >= 0.6 is 0 Å². The molecule has 3 N–H and O–H groups in total. The highest BCUT2D eigenvalue weighted by Crippen LogP contribution is 2.35. The molecule has 1 aliphatic heterocycles. The van der Waals surface area contributed by atoms with Gasteiger partial charge >= 0.3 is 0 Å². The van der Waals surface area contributed by atoms with Gasteiger partial charge < -0.3 is 20.1 Å². The van der Waals surface area contributed by atoms with Crippen LogP contribution in [-0.4, -0.2) is 57.1 Å². The number of carbonyl (C=O) groups excluding carboxylic acids is 3. The van der Waals surface area contributed by atoms with E-state index in [0.29, 0.717) is 0 Å². The van der Waals surface area contributed by atoms with Crippen LogP contribution in [0.25, 0.3) is 0 Å². The number of aliphatic hydroxyl groups excluding tert-OH is 2. The number of Topliss-reactive ketones (excluding diaryl/α,β-unsaturated/α-hetero) is 3. The molecular weight excluding hydrogens is 256 g/mol. The van der Waals surface area contributed by atoms with Gasteiger partial charge in [0.15, 0.2) is 34.8 Å². The number of carbonyl (C=O) groups is 3. The van der Waals surface area contributed by atoms with Gasteiger partial charge in [-0.2, -0.15) is 0 Å². The Morgan fingerprint density at radius 2 is 1.74 bits per heavy atom. The third-order valence-electron chi connectivity index (χ3n) is 3.05. The third kappa shape index (κ3) is 2.32. The quantitative estimate of drug-likeness (QED) is 0.569. The summed E-state index contributed by atoms with van der Waals surface area (Å²) in [7, 11) is 0. The molecule has 1 heterocycles. The standard InChI is InChI=1S/C12H16O7/c1-5(14)9-10(6(2)15)19-8(4-13)11(17)12(9,18)7(3)16/h8,11,13,17-18H,4H2,1-3H3/t8-,11+,12-/m1/s1. The molecule has 0 aromatic carbocycles. The predicted molar refractivity (Wildman–Crippen MR) is 62.0 cm³/mol. The lowest BCUT2D eigenvalue weighted by Gasteiger charge is -2.40. The van der Waals surface area contributed by atoms with Crippen LogP contribution < -0.4 is 0 Å². The molecule has 106 valence electrons. The van der Waals surface area contributed by atoms with E-state index < -0.39 is 53.1 Å². The number of aliphatic hydroxyl groups is 3. The fourth-order valence-electron chi connectivity index (χ4n) is 2.07. The van der Waals surface area contributed by atoms with Gasteiger partial charge in [-0.15, -0.1) is 0 Å². The lowest BCUT2D eigenvalue weighted by Crippen LogP contribution is -2.61. The van der Waals surface area contributed by atoms with Gasteiger partial charge in [0.1, 0.15) is 6.10 Å². The fraction of sp³-hybridized carbons (Fsp3) is 0.583. The van der Waals surface area contributed by atoms with Crippen LogP contribution in [-0.2, 0) is 19.1 Å². The molecule has 0 aromatic rings. The molecule has 1 rings (SSSR count). The lowest BCUT2D eigenvalue weighted by atomic mass is 9.77. The van der Waals surface area contributed by atoms with Crippen LogP contribution in [0.3, 0.4) is 0 Å². The van der Waals surface area contributed by atoms with Crippen molar-refractivity contribution >= 4 is 17.3 Å². The molecule has 0 amide bonds. The molecule has 0 radical (unpaired) electrons. The molecule has 3 atom stereocenters. The molecule has 0 fully saturated rings. The van der Waals surface area contributed by atoms with Crippen LogP contribution in [0.4, 0.5) is 0 Å². The molecule has 19 heavy (non-hydrogen) atoms. The molecule has 7 nitrogen and oxygen atoms in total. The van der Waals surface area contributed by atoms with Gasteiger partial charge in [0.2, 0.25) is 0 Å². The first-order chi connectivity index (χ1) is 8.67. The van der Waals surface area contributed by atoms with Crippen LogP contribution in [0.15, 0.2) is 11.3 Å². The average molecular weight is 272 g/mol. The van der Waals surface area contributed by atoms with Gasteiger partial charge in [0.05, 0.1) is 12.2 Å². The maximum Gasteiger partial charge on any atom is 0.194 e. The second-order valence-corrected chi connectivity index (χ2v) is 4.42. The highest BCUT2D eigenvalue weighted by atomic mass is 16.5. The van der Waals surface area contributed by atoms with Gasteiger partial charge in [0.25, 0.3) is 0 Å². The summed E-state index contributed by atoms with van der Waals surface area (Å²) in [5, 5.41) is 29.3. The van der Waals surface area contributed by atoms with Crippen molar-refractivity contribution in [3.05, 3.63) is 11.3 Å². The zero-order chi connectivity index (χ0) is 15.0. The Bertz CT molecular complexity index is 465. The molecule has 7 heteroatoms. The smallest absolute Gasteiger partial charge is 0.194 e. The molecule has 0 spiro atoms. The van der Waals surface area contributed by atoms with Crippen LogP contribution in [0.5, 0.6) is 0 Å². The van der Waals surface area contributed by atoms with E-state index >= 15 is 0 Å². The van der Waals surface area contributed by atoms with E-state index in [1.807, 2.05) is 0 Å². The van der Waals surface area contributed by atoms with Crippen molar-refractivity contribution in [3.8, 4) is 0 Å². The summed E-state index contributed by atoms with van der Waals surface area (Å²) >= 11 is 0. The molecule has 0 aliphatic carbocycles. The summed E-state index contributed by atoms with van der Waals surface area (Å²) in [6.07, 6.45) is -3.20. The predicted octanol–water partition coefficient (Wildman–Crippen LogP) is -1.51. The Kier molecular flexibility index (Phi) is 4.24. The summed E-state index contributed by atoms with van der Waals surface area (Å²) in [4.78, 5) is 34.7. The van der Waals surface area contributed by atoms with E-state index in [1.54, 1.807) is 0 Å². The first kappa shape index (κ1) is 15.5. The number of hydrogen-bond donors (Lipinski definition) is 3. The number of rotatable bonds is 4. The van der Waals surface area contributed by atoms with Crippen LogP contribution in [0, 0.1) is 0 Å². The summed E-state index contributed by atoms with van der Waals surface area (Å²) in [5.74, 6) is -2.87. The minimum absolute atomic E-state index is 0.505. The Morgan fingerprint density at radius 1 is 1.21 bits per heavy atom. The lowest BCUT2D eigenvalue weighted by molar-refractivity contribution is -0.169. The van der Waals surface area contributed by atoms with Crippen molar-refractivity contribution in [2.75, 3.05) is 6.61 Å². The summed E-state index contributed by atoms with van der Waals surface area (Å²) in [6.45, 7) is 2.38. The maximum absolute atomic E-state index is 11.6. The average Bonchev–Trinajstić information content (AvgIpc) is 2.30. The zero-order valence-corrected chi connectivity index (χ0v) is 10.8. The fourth-order valence-corrected chi connectivity index (χ4v) is 2.07. The molecular formula is C12H16O7. The normalized spacial score (nSPS) is 30.8. The number of ether oxygens (including phenoxy) is 1. The van der Waals surface area contributed by atoms with E-state index in [1.165, 1.54) is 0 Å². The van der Waals surface area contributed by atoms with E-state index in [4.69, 9.17) is 9.84 Å². The van der Waals surface area contributed by atoms with Crippen molar-refractivity contribution in [1.82, 2.24) is 0 Å². The topological polar surface area (TPSA) is 121 Å². The summed E-state index contributed by atoms with van der Waals surface area (Å²) < 4.78 is 5.03. The van der Waals surface area contributed by atoms with Gasteiger partial charge in [-0.3, -0.25) is 14.4 Å². The molecule has 0 unspecified atom stereocenters. The van der Waals surface area contributed by atoms with Crippen molar-refractivity contribution in [3.63, 3.8) is 0 Å². The Hall–Kier alpha value is -1.57. The summed E-state index contributed by atoms with van der Waals surface area (Å²) in [5.41, 5.74) is -3.14. The van der Waals surface area contributed by atoms with Gasteiger partial charge in [-0.1, -0.05) is 0 Å². The largest absolute Gasteiger partial charge is 0.481 e. The van der Waals surface area contributed by atoms with Crippen molar-refractivity contribution in [2.24, 2.45) is 0 Å². The van der Waals surface area contributed by atoms with E-state index in [9.17, 15) is 24.6 Å².